The van der Waals surface area contributed by atoms with E-state index in [1.165, 1.54) is 11.1 Å². The predicted octanol–water partition coefficient (Wildman–Crippen LogP) is 3.60. The van der Waals surface area contributed by atoms with Gasteiger partial charge in [0, 0.05) is 0 Å². The molecule has 0 saturated carbocycles. The molecule has 0 fully saturated rings. The number of rotatable bonds is 5. The van der Waals surface area contributed by atoms with Crippen LogP contribution in [0.2, 0.25) is 0 Å². The van der Waals surface area contributed by atoms with Gasteiger partial charge in [0.15, 0.2) is 0 Å². The van der Waals surface area contributed by atoms with Gasteiger partial charge in [-0.15, -0.1) is 0 Å². The summed E-state index contributed by atoms with van der Waals surface area (Å²) in [6.07, 6.45) is 0. The Hall–Kier alpha value is -1.74. The van der Waals surface area contributed by atoms with Crippen LogP contribution >= 0.6 is 0 Å². The first kappa shape index (κ1) is 13.7. The highest BCUT2D eigenvalue weighted by atomic mass is 16.5. The summed E-state index contributed by atoms with van der Waals surface area (Å²) in [5.74, 6) is 2.77. The molecule has 0 amide bonds. The average molecular weight is 259 g/mol. The summed E-state index contributed by atoms with van der Waals surface area (Å²) in [7, 11) is 1.69. The van der Waals surface area contributed by atoms with E-state index in [2.05, 4.69) is 31.3 Å². The van der Waals surface area contributed by atoms with Gasteiger partial charge in [-0.05, 0) is 55.8 Å². The Morgan fingerprint density at radius 1 is 1.21 bits per heavy atom. The van der Waals surface area contributed by atoms with Crippen LogP contribution in [0.15, 0.2) is 34.7 Å². The third-order valence-corrected chi connectivity index (χ3v) is 3.24. The molecule has 0 aliphatic rings. The van der Waals surface area contributed by atoms with Crippen LogP contribution < -0.4 is 10.1 Å². The minimum absolute atomic E-state index is 0.0876. The molecule has 0 bridgehead atoms. The fourth-order valence-electron chi connectivity index (χ4n) is 2.28. The second-order valence-electron chi connectivity index (χ2n) is 4.66. The number of hydrogen-bond donors (Lipinski definition) is 1. The fourth-order valence-corrected chi connectivity index (χ4v) is 2.28. The number of aryl methyl sites for hydroxylation is 2. The summed E-state index contributed by atoms with van der Waals surface area (Å²) >= 11 is 0. The highest BCUT2D eigenvalue weighted by Gasteiger charge is 2.18. The van der Waals surface area contributed by atoms with E-state index in [1.807, 2.05) is 25.1 Å². The van der Waals surface area contributed by atoms with Gasteiger partial charge in [-0.2, -0.15) is 0 Å². The van der Waals surface area contributed by atoms with Crippen molar-refractivity contribution in [2.24, 2.45) is 0 Å². The summed E-state index contributed by atoms with van der Waals surface area (Å²) in [5, 5.41) is 3.47. The number of methoxy groups -OCH3 is 1. The third kappa shape index (κ3) is 2.99. The number of ether oxygens (including phenoxy) is 1. The first-order valence-corrected chi connectivity index (χ1v) is 6.60. The van der Waals surface area contributed by atoms with Crippen LogP contribution in [-0.2, 0) is 0 Å². The number of benzene rings is 1. The van der Waals surface area contributed by atoms with Crippen molar-refractivity contribution >= 4 is 0 Å². The molecule has 1 unspecified atom stereocenters. The molecule has 0 spiro atoms. The molecule has 0 radical (unpaired) electrons. The van der Waals surface area contributed by atoms with Crippen LogP contribution in [0.5, 0.6) is 5.75 Å². The Kier molecular flexibility index (Phi) is 4.27. The second kappa shape index (κ2) is 5.93. The topological polar surface area (TPSA) is 34.4 Å². The molecule has 102 valence electrons. The lowest BCUT2D eigenvalue weighted by Crippen LogP contribution is -2.22. The first-order valence-electron chi connectivity index (χ1n) is 6.60. The summed E-state index contributed by atoms with van der Waals surface area (Å²) < 4.78 is 11.0. The van der Waals surface area contributed by atoms with Crippen LogP contribution in [0.1, 0.15) is 35.6 Å². The van der Waals surface area contributed by atoms with Gasteiger partial charge < -0.3 is 14.5 Å². The summed E-state index contributed by atoms with van der Waals surface area (Å²) in [6, 6.07) is 10.3. The highest BCUT2D eigenvalue weighted by molar-refractivity contribution is 5.39. The molecule has 0 aliphatic heterocycles. The Morgan fingerprint density at radius 3 is 2.53 bits per heavy atom. The van der Waals surface area contributed by atoms with Gasteiger partial charge in [0.25, 0.3) is 0 Å². The van der Waals surface area contributed by atoms with Crippen molar-refractivity contribution in [2.75, 3.05) is 13.7 Å². The standard InChI is InChI=1S/C16H21NO2/c1-5-17-16(15-9-6-12(3)19-15)14-8-7-13(18-4)10-11(14)2/h6-10,16-17H,5H2,1-4H3. The van der Waals surface area contributed by atoms with Crippen molar-refractivity contribution in [3.05, 3.63) is 53.0 Å². The zero-order valence-electron chi connectivity index (χ0n) is 12.0. The van der Waals surface area contributed by atoms with Gasteiger partial charge in [0.2, 0.25) is 0 Å². The molecule has 2 aromatic rings. The molecule has 3 nitrogen and oxygen atoms in total. The SMILES string of the molecule is CCNC(c1ccc(C)o1)c1ccc(OC)cc1C. The number of furan rings is 1. The lowest BCUT2D eigenvalue weighted by atomic mass is 9.99. The summed E-state index contributed by atoms with van der Waals surface area (Å²) in [5.41, 5.74) is 2.41. The van der Waals surface area contributed by atoms with Crippen LogP contribution in [0.4, 0.5) is 0 Å². The van der Waals surface area contributed by atoms with Crippen LogP contribution in [0.3, 0.4) is 0 Å². The largest absolute Gasteiger partial charge is 0.497 e. The van der Waals surface area contributed by atoms with Crippen LogP contribution in [0.25, 0.3) is 0 Å². The van der Waals surface area contributed by atoms with Gasteiger partial charge in [-0.1, -0.05) is 13.0 Å². The monoisotopic (exact) mass is 259 g/mol. The molecule has 1 aromatic carbocycles. The third-order valence-electron chi connectivity index (χ3n) is 3.24. The van der Waals surface area contributed by atoms with Gasteiger partial charge in [-0.25, -0.2) is 0 Å². The van der Waals surface area contributed by atoms with Crippen LogP contribution in [-0.4, -0.2) is 13.7 Å². The Balaban J connectivity index is 2.39. The van der Waals surface area contributed by atoms with Crippen molar-refractivity contribution in [1.29, 1.82) is 0 Å². The molecule has 0 saturated heterocycles. The molecular formula is C16H21NO2. The summed E-state index contributed by atoms with van der Waals surface area (Å²) in [4.78, 5) is 0. The van der Waals surface area contributed by atoms with Gasteiger partial charge in [0.1, 0.15) is 17.3 Å². The highest BCUT2D eigenvalue weighted by Crippen LogP contribution is 2.28. The molecule has 19 heavy (non-hydrogen) atoms. The maximum atomic E-state index is 5.77. The number of nitrogens with one attached hydrogen (secondary N) is 1. The Morgan fingerprint density at radius 2 is 2.00 bits per heavy atom. The smallest absolute Gasteiger partial charge is 0.125 e. The van der Waals surface area contributed by atoms with E-state index in [0.29, 0.717) is 0 Å². The lowest BCUT2D eigenvalue weighted by Gasteiger charge is -2.19. The van der Waals surface area contributed by atoms with Gasteiger partial charge in [0.05, 0.1) is 13.2 Å². The van der Waals surface area contributed by atoms with Gasteiger partial charge in [-0.3, -0.25) is 0 Å². The van der Waals surface area contributed by atoms with Crippen LogP contribution in [0, 0.1) is 13.8 Å². The van der Waals surface area contributed by atoms with E-state index < -0.39 is 0 Å². The van der Waals surface area contributed by atoms with Crippen molar-refractivity contribution in [2.45, 2.75) is 26.8 Å². The summed E-state index contributed by atoms with van der Waals surface area (Å²) in [6.45, 7) is 7.04. The quantitative estimate of drug-likeness (QED) is 0.890. The molecule has 1 heterocycles. The fraction of sp³-hybridized carbons (Fsp3) is 0.375. The molecule has 1 N–H and O–H groups in total. The minimum atomic E-state index is 0.0876. The average Bonchev–Trinajstić information content (AvgIpc) is 2.83. The normalized spacial score (nSPS) is 12.4. The second-order valence-corrected chi connectivity index (χ2v) is 4.66. The molecule has 1 aromatic heterocycles. The maximum Gasteiger partial charge on any atom is 0.125 e. The van der Waals surface area contributed by atoms with Crippen molar-refractivity contribution in [3.63, 3.8) is 0 Å². The van der Waals surface area contributed by atoms with Crippen molar-refractivity contribution in [3.8, 4) is 5.75 Å². The van der Waals surface area contributed by atoms with E-state index >= 15 is 0 Å². The first-order chi connectivity index (χ1) is 9.15. The molecular weight excluding hydrogens is 238 g/mol. The van der Waals surface area contributed by atoms with Crippen molar-refractivity contribution < 1.29 is 9.15 Å². The number of hydrogen-bond acceptors (Lipinski definition) is 3. The van der Waals surface area contributed by atoms with E-state index in [4.69, 9.17) is 9.15 Å². The predicted molar refractivity (Wildman–Crippen MR) is 76.7 cm³/mol. The maximum absolute atomic E-state index is 5.77. The molecule has 2 rings (SSSR count). The Bertz CT molecular complexity index is 545. The molecule has 0 aliphatic carbocycles. The van der Waals surface area contributed by atoms with E-state index in [-0.39, 0.29) is 6.04 Å². The van der Waals surface area contributed by atoms with Gasteiger partial charge >= 0.3 is 0 Å². The molecule has 3 heteroatoms. The zero-order valence-corrected chi connectivity index (χ0v) is 12.0. The zero-order chi connectivity index (χ0) is 13.8. The van der Waals surface area contributed by atoms with E-state index in [1.54, 1.807) is 7.11 Å². The van der Waals surface area contributed by atoms with E-state index in [0.717, 1.165) is 23.8 Å². The van der Waals surface area contributed by atoms with E-state index in [9.17, 15) is 0 Å². The lowest BCUT2D eigenvalue weighted by molar-refractivity contribution is 0.412. The Labute approximate surface area is 114 Å². The van der Waals surface area contributed by atoms with Crippen molar-refractivity contribution in [1.82, 2.24) is 5.32 Å². The minimum Gasteiger partial charge on any atom is -0.497 e. The molecule has 1 atom stereocenters.